The summed E-state index contributed by atoms with van der Waals surface area (Å²) in [6.45, 7) is 9.92. The van der Waals surface area contributed by atoms with Crippen molar-refractivity contribution in [3.8, 4) is 0 Å². The molecule has 3 nitrogen and oxygen atoms in total. The third-order valence-corrected chi connectivity index (χ3v) is 3.87. The quantitative estimate of drug-likeness (QED) is 0.821. The van der Waals surface area contributed by atoms with Crippen molar-refractivity contribution in [3.05, 3.63) is 18.0 Å². The van der Waals surface area contributed by atoms with Gasteiger partial charge in [0.1, 0.15) is 0 Å². The van der Waals surface area contributed by atoms with Crippen LogP contribution in [0.5, 0.6) is 0 Å². The predicted molar refractivity (Wildman–Crippen MR) is 61.9 cm³/mol. The van der Waals surface area contributed by atoms with Gasteiger partial charge in [0.15, 0.2) is 0 Å². The minimum absolute atomic E-state index is 0.382. The maximum atomic E-state index is 4.63. The SMILES string of the molecule is CCn1ccc(C2CNCC2(C)CC)n1. The van der Waals surface area contributed by atoms with Crippen molar-refractivity contribution >= 4 is 0 Å². The van der Waals surface area contributed by atoms with Crippen LogP contribution in [0.25, 0.3) is 0 Å². The van der Waals surface area contributed by atoms with E-state index < -0.39 is 0 Å². The first-order valence-corrected chi connectivity index (χ1v) is 5.93. The average Bonchev–Trinajstić information content (AvgIpc) is 2.84. The standard InChI is InChI=1S/C12H21N3/c1-4-12(3)9-13-8-10(12)11-6-7-15(5-2)14-11/h6-7,10,13H,4-5,8-9H2,1-3H3. The molecule has 1 aliphatic heterocycles. The van der Waals surface area contributed by atoms with Gasteiger partial charge < -0.3 is 5.32 Å². The highest BCUT2D eigenvalue weighted by molar-refractivity contribution is 5.15. The van der Waals surface area contributed by atoms with Gasteiger partial charge in [-0.2, -0.15) is 5.10 Å². The fourth-order valence-corrected chi connectivity index (χ4v) is 2.44. The molecule has 1 aliphatic rings. The molecule has 1 N–H and O–H groups in total. The van der Waals surface area contributed by atoms with Gasteiger partial charge in [-0.15, -0.1) is 0 Å². The summed E-state index contributed by atoms with van der Waals surface area (Å²) in [5.41, 5.74) is 1.64. The highest BCUT2D eigenvalue weighted by Crippen LogP contribution is 2.40. The van der Waals surface area contributed by atoms with Crippen molar-refractivity contribution in [1.82, 2.24) is 15.1 Å². The number of hydrogen-bond acceptors (Lipinski definition) is 2. The molecule has 0 bridgehead atoms. The predicted octanol–water partition coefficient (Wildman–Crippen LogP) is 2.01. The Morgan fingerprint density at radius 1 is 1.60 bits per heavy atom. The molecule has 0 aromatic carbocycles. The van der Waals surface area contributed by atoms with Gasteiger partial charge in [0, 0.05) is 31.7 Å². The van der Waals surface area contributed by atoms with E-state index in [4.69, 9.17) is 0 Å². The minimum atomic E-state index is 0.382. The van der Waals surface area contributed by atoms with Crippen LogP contribution < -0.4 is 5.32 Å². The van der Waals surface area contributed by atoms with Gasteiger partial charge in [-0.3, -0.25) is 4.68 Å². The fraction of sp³-hybridized carbons (Fsp3) is 0.750. The van der Waals surface area contributed by atoms with Crippen molar-refractivity contribution in [3.63, 3.8) is 0 Å². The van der Waals surface area contributed by atoms with Gasteiger partial charge in [-0.05, 0) is 24.8 Å². The zero-order valence-electron chi connectivity index (χ0n) is 9.95. The zero-order valence-corrected chi connectivity index (χ0v) is 9.95. The van der Waals surface area contributed by atoms with E-state index in [1.165, 1.54) is 12.1 Å². The summed E-state index contributed by atoms with van der Waals surface area (Å²) >= 11 is 0. The summed E-state index contributed by atoms with van der Waals surface area (Å²) in [4.78, 5) is 0. The molecule has 2 rings (SSSR count). The maximum Gasteiger partial charge on any atom is 0.0674 e. The van der Waals surface area contributed by atoms with E-state index in [1.54, 1.807) is 0 Å². The molecule has 3 heteroatoms. The van der Waals surface area contributed by atoms with Gasteiger partial charge in [-0.1, -0.05) is 13.8 Å². The molecule has 84 valence electrons. The Morgan fingerprint density at radius 2 is 2.40 bits per heavy atom. The molecular formula is C12H21N3. The van der Waals surface area contributed by atoms with Crippen molar-refractivity contribution < 1.29 is 0 Å². The van der Waals surface area contributed by atoms with Crippen LogP contribution >= 0.6 is 0 Å². The average molecular weight is 207 g/mol. The highest BCUT2D eigenvalue weighted by Gasteiger charge is 2.39. The number of aromatic nitrogens is 2. The Bertz CT molecular complexity index is 331. The third kappa shape index (κ3) is 1.81. The van der Waals surface area contributed by atoms with Crippen LogP contribution in [0.2, 0.25) is 0 Å². The fourth-order valence-electron chi connectivity index (χ4n) is 2.44. The van der Waals surface area contributed by atoms with Crippen molar-refractivity contribution in [1.29, 1.82) is 0 Å². The summed E-state index contributed by atoms with van der Waals surface area (Å²) in [6, 6.07) is 2.18. The topological polar surface area (TPSA) is 29.9 Å². The normalized spacial score (nSPS) is 31.0. The van der Waals surface area contributed by atoms with Crippen LogP contribution in [0, 0.1) is 5.41 Å². The first kappa shape index (κ1) is 10.7. The summed E-state index contributed by atoms with van der Waals surface area (Å²) in [5, 5.41) is 8.12. The third-order valence-electron chi connectivity index (χ3n) is 3.87. The maximum absolute atomic E-state index is 4.63. The van der Waals surface area contributed by atoms with E-state index >= 15 is 0 Å². The Hall–Kier alpha value is -0.830. The molecule has 1 aromatic heterocycles. The second-order valence-corrected chi connectivity index (χ2v) is 4.79. The van der Waals surface area contributed by atoms with E-state index in [0.717, 1.165) is 19.6 Å². The second-order valence-electron chi connectivity index (χ2n) is 4.79. The van der Waals surface area contributed by atoms with Crippen molar-refractivity contribution in [2.24, 2.45) is 5.41 Å². The van der Waals surface area contributed by atoms with E-state index in [-0.39, 0.29) is 0 Å². The van der Waals surface area contributed by atoms with Crippen LogP contribution in [0.15, 0.2) is 12.3 Å². The summed E-state index contributed by atoms with van der Waals surface area (Å²) in [6.07, 6.45) is 3.30. The molecule has 0 aliphatic carbocycles. The van der Waals surface area contributed by atoms with Crippen LogP contribution in [-0.2, 0) is 6.54 Å². The Kier molecular flexibility index (Phi) is 2.83. The summed E-state index contributed by atoms with van der Waals surface area (Å²) in [7, 11) is 0. The monoisotopic (exact) mass is 207 g/mol. The lowest BCUT2D eigenvalue weighted by atomic mass is 9.76. The molecule has 1 saturated heterocycles. The van der Waals surface area contributed by atoms with E-state index in [2.05, 4.69) is 43.4 Å². The van der Waals surface area contributed by atoms with Crippen molar-refractivity contribution in [2.45, 2.75) is 39.7 Å². The van der Waals surface area contributed by atoms with Gasteiger partial charge >= 0.3 is 0 Å². The van der Waals surface area contributed by atoms with E-state index in [9.17, 15) is 0 Å². The van der Waals surface area contributed by atoms with Crippen LogP contribution in [0.3, 0.4) is 0 Å². The molecule has 15 heavy (non-hydrogen) atoms. The van der Waals surface area contributed by atoms with Crippen LogP contribution in [0.1, 0.15) is 38.8 Å². The first-order valence-electron chi connectivity index (χ1n) is 5.93. The lowest BCUT2D eigenvalue weighted by Gasteiger charge is -2.27. The van der Waals surface area contributed by atoms with Crippen LogP contribution in [-0.4, -0.2) is 22.9 Å². The number of rotatable bonds is 3. The molecule has 1 aromatic rings. The van der Waals surface area contributed by atoms with Gasteiger partial charge in [0.2, 0.25) is 0 Å². The summed E-state index contributed by atoms with van der Waals surface area (Å²) < 4.78 is 2.02. The Balaban J connectivity index is 2.22. The molecule has 0 saturated carbocycles. The first-order chi connectivity index (χ1) is 7.19. The van der Waals surface area contributed by atoms with E-state index in [0.29, 0.717) is 11.3 Å². The zero-order chi connectivity index (χ0) is 10.9. The Morgan fingerprint density at radius 3 is 3.00 bits per heavy atom. The molecule has 1 fully saturated rings. The molecule has 2 atom stereocenters. The smallest absolute Gasteiger partial charge is 0.0674 e. The molecule has 2 unspecified atom stereocenters. The van der Waals surface area contributed by atoms with E-state index in [1.807, 2.05) is 4.68 Å². The lowest BCUT2D eigenvalue weighted by Crippen LogP contribution is -2.24. The minimum Gasteiger partial charge on any atom is -0.315 e. The second kappa shape index (κ2) is 3.97. The largest absolute Gasteiger partial charge is 0.315 e. The number of nitrogens with zero attached hydrogens (tertiary/aromatic N) is 2. The highest BCUT2D eigenvalue weighted by atomic mass is 15.3. The lowest BCUT2D eigenvalue weighted by molar-refractivity contribution is 0.303. The molecule has 2 heterocycles. The van der Waals surface area contributed by atoms with Crippen LogP contribution in [0.4, 0.5) is 0 Å². The Labute approximate surface area is 91.9 Å². The molecule has 0 amide bonds. The molecular weight excluding hydrogens is 186 g/mol. The molecule has 0 spiro atoms. The van der Waals surface area contributed by atoms with Crippen molar-refractivity contribution in [2.75, 3.05) is 13.1 Å². The number of aryl methyl sites for hydroxylation is 1. The number of hydrogen-bond donors (Lipinski definition) is 1. The summed E-state index contributed by atoms with van der Waals surface area (Å²) in [5.74, 6) is 0.579. The van der Waals surface area contributed by atoms with Gasteiger partial charge in [-0.25, -0.2) is 0 Å². The van der Waals surface area contributed by atoms with Gasteiger partial charge in [0.25, 0.3) is 0 Å². The van der Waals surface area contributed by atoms with Gasteiger partial charge in [0.05, 0.1) is 5.69 Å². The number of nitrogens with one attached hydrogen (secondary N) is 1. The molecule has 0 radical (unpaired) electrons.